The van der Waals surface area contributed by atoms with Crippen LogP contribution >= 0.6 is 0 Å². The highest BCUT2D eigenvalue weighted by Gasteiger charge is 2.32. The Balaban J connectivity index is 1.66. The number of nitrogens with zero attached hydrogens (tertiary/aromatic N) is 1. The standard InChI is InChI=1S/C22H20N2O3/c1-13-12-18(15(3)26-13)14(2)23-24-22(25)21-16-8-4-6-10-19(16)27-20-11-7-5-9-17(20)21/h4-12,21H,1-3H3,(H,24,25). The third-order valence-electron chi connectivity index (χ3n) is 4.71. The number of hydrazone groups is 1. The maximum absolute atomic E-state index is 13.1. The Kier molecular flexibility index (Phi) is 4.28. The second-order valence-electron chi connectivity index (χ2n) is 6.61. The molecule has 1 aliphatic rings. The predicted molar refractivity (Wildman–Crippen MR) is 103 cm³/mol. The second-order valence-corrected chi connectivity index (χ2v) is 6.61. The molecule has 0 saturated heterocycles. The van der Waals surface area contributed by atoms with Crippen LogP contribution in [-0.4, -0.2) is 11.6 Å². The minimum absolute atomic E-state index is 0.199. The molecule has 2 aromatic carbocycles. The first kappa shape index (κ1) is 17.1. The molecule has 3 aromatic rings. The highest BCUT2D eigenvalue weighted by molar-refractivity contribution is 6.00. The minimum Gasteiger partial charge on any atom is -0.466 e. The van der Waals surface area contributed by atoms with Crippen molar-refractivity contribution in [2.24, 2.45) is 5.10 Å². The highest BCUT2D eigenvalue weighted by Crippen LogP contribution is 2.43. The van der Waals surface area contributed by atoms with Gasteiger partial charge in [0.25, 0.3) is 5.91 Å². The molecule has 0 saturated carbocycles. The zero-order valence-corrected chi connectivity index (χ0v) is 15.4. The number of carbonyl (C=O) groups excluding carboxylic acids is 1. The van der Waals surface area contributed by atoms with Crippen molar-refractivity contribution in [2.45, 2.75) is 26.7 Å². The van der Waals surface area contributed by atoms with E-state index < -0.39 is 5.92 Å². The number of aryl methyl sites for hydroxylation is 2. The number of ether oxygens (including phenoxy) is 1. The molecule has 27 heavy (non-hydrogen) atoms. The summed E-state index contributed by atoms with van der Waals surface area (Å²) in [5.41, 5.74) is 5.97. The number of para-hydroxylation sites is 2. The summed E-state index contributed by atoms with van der Waals surface area (Å²) in [6, 6.07) is 17.1. The van der Waals surface area contributed by atoms with E-state index in [4.69, 9.17) is 9.15 Å². The van der Waals surface area contributed by atoms with Crippen molar-refractivity contribution < 1.29 is 13.9 Å². The Morgan fingerprint density at radius 3 is 2.15 bits per heavy atom. The number of carbonyl (C=O) groups is 1. The lowest BCUT2D eigenvalue weighted by molar-refractivity contribution is -0.121. The Bertz CT molecular complexity index is 1000. The van der Waals surface area contributed by atoms with Gasteiger partial charge in [0.15, 0.2) is 0 Å². The Hall–Kier alpha value is -3.34. The molecule has 0 atom stereocenters. The summed E-state index contributed by atoms with van der Waals surface area (Å²) in [6.07, 6.45) is 0. The van der Waals surface area contributed by atoms with Crippen LogP contribution < -0.4 is 10.2 Å². The molecule has 0 fully saturated rings. The average Bonchev–Trinajstić information content (AvgIpc) is 3.02. The van der Waals surface area contributed by atoms with Crippen molar-refractivity contribution in [1.29, 1.82) is 0 Å². The molecular weight excluding hydrogens is 340 g/mol. The van der Waals surface area contributed by atoms with E-state index in [1.807, 2.05) is 75.4 Å². The van der Waals surface area contributed by atoms with Crippen molar-refractivity contribution in [3.63, 3.8) is 0 Å². The number of hydrogen-bond acceptors (Lipinski definition) is 4. The fourth-order valence-corrected chi connectivity index (χ4v) is 3.45. The summed E-state index contributed by atoms with van der Waals surface area (Å²) in [5, 5.41) is 4.31. The molecule has 1 N–H and O–H groups in total. The first-order valence-corrected chi connectivity index (χ1v) is 8.82. The van der Waals surface area contributed by atoms with E-state index in [0.717, 1.165) is 28.2 Å². The van der Waals surface area contributed by atoms with Crippen molar-refractivity contribution in [3.05, 3.63) is 82.8 Å². The molecule has 2 heterocycles. The molecule has 0 radical (unpaired) electrons. The predicted octanol–water partition coefficient (Wildman–Crippen LogP) is 4.67. The topological polar surface area (TPSA) is 63.8 Å². The monoisotopic (exact) mass is 360 g/mol. The maximum Gasteiger partial charge on any atom is 0.252 e. The largest absolute Gasteiger partial charge is 0.466 e. The number of nitrogens with one attached hydrogen (secondary N) is 1. The lowest BCUT2D eigenvalue weighted by Gasteiger charge is -2.26. The number of amides is 1. The zero-order chi connectivity index (χ0) is 19.0. The van der Waals surface area contributed by atoms with Crippen LogP contribution in [-0.2, 0) is 4.79 Å². The van der Waals surface area contributed by atoms with Gasteiger partial charge in [-0.1, -0.05) is 36.4 Å². The van der Waals surface area contributed by atoms with Crippen LogP contribution in [0, 0.1) is 13.8 Å². The lowest BCUT2D eigenvalue weighted by atomic mass is 9.87. The van der Waals surface area contributed by atoms with Crippen LogP contribution in [0.3, 0.4) is 0 Å². The molecule has 0 bridgehead atoms. The second kappa shape index (κ2) is 6.76. The number of furan rings is 1. The summed E-state index contributed by atoms with van der Waals surface area (Å²) in [5.74, 6) is 2.31. The molecule has 0 aliphatic carbocycles. The van der Waals surface area contributed by atoms with Crippen LogP contribution in [0.5, 0.6) is 11.5 Å². The number of rotatable bonds is 3. The summed E-state index contributed by atoms with van der Waals surface area (Å²) < 4.78 is 11.5. The van der Waals surface area contributed by atoms with Gasteiger partial charge < -0.3 is 9.15 Å². The smallest absolute Gasteiger partial charge is 0.252 e. The van der Waals surface area contributed by atoms with Crippen LogP contribution in [0.4, 0.5) is 0 Å². The number of hydrogen-bond donors (Lipinski definition) is 1. The molecule has 5 nitrogen and oxygen atoms in total. The quantitative estimate of drug-likeness (QED) is 0.545. The van der Waals surface area contributed by atoms with Crippen LogP contribution in [0.15, 0.2) is 64.1 Å². The van der Waals surface area contributed by atoms with Gasteiger partial charge in [-0.25, -0.2) is 5.43 Å². The summed E-state index contributed by atoms with van der Waals surface area (Å²) >= 11 is 0. The average molecular weight is 360 g/mol. The van der Waals surface area contributed by atoms with Gasteiger partial charge in [-0.15, -0.1) is 0 Å². The molecule has 136 valence electrons. The van der Waals surface area contributed by atoms with Gasteiger partial charge in [-0.2, -0.15) is 5.10 Å². The summed E-state index contributed by atoms with van der Waals surface area (Å²) in [7, 11) is 0. The molecular formula is C22H20N2O3. The Morgan fingerprint density at radius 2 is 1.59 bits per heavy atom. The van der Waals surface area contributed by atoms with Crippen molar-refractivity contribution in [1.82, 2.24) is 5.43 Å². The van der Waals surface area contributed by atoms with Gasteiger partial charge >= 0.3 is 0 Å². The van der Waals surface area contributed by atoms with Crippen LogP contribution in [0.25, 0.3) is 0 Å². The van der Waals surface area contributed by atoms with E-state index in [9.17, 15) is 4.79 Å². The zero-order valence-electron chi connectivity index (χ0n) is 15.4. The first-order valence-electron chi connectivity index (χ1n) is 8.82. The third kappa shape index (κ3) is 3.12. The summed E-state index contributed by atoms with van der Waals surface area (Å²) in [4.78, 5) is 13.1. The SMILES string of the molecule is CC(=NNC(=O)C1c2ccccc2Oc2ccccc21)c1cc(C)oc1C. The van der Waals surface area contributed by atoms with Crippen molar-refractivity contribution in [2.75, 3.05) is 0 Å². The normalized spacial score (nSPS) is 13.5. The van der Waals surface area contributed by atoms with Crippen molar-refractivity contribution >= 4 is 11.6 Å². The van der Waals surface area contributed by atoms with Gasteiger partial charge in [-0.05, 0) is 39.0 Å². The molecule has 5 heteroatoms. The van der Waals surface area contributed by atoms with Gasteiger partial charge in [0.05, 0.1) is 11.6 Å². The molecule has 1 aliphatic heterocycles. The molecule has 0 spiro atoms. The molecule has 4 rings (SSSR count). The van der Waals surface area contributed by atoms with Gasteiger partial charge in [0.1, 0.15) is 23.0 Å². The van der Waals surface area contributed by atoms with E-state index in [2.05, 4.69) is 10.5 Å². The lowest BCUT2D eigenvalue weighted by Crippen LogP contribution is -2.29. The van der Waals surface area contributed by atoms with Crippen molar-refractivity contribution in [3.8, 4) is 11.5 Å². The summed E-state index contributed by atoms with van der Waals surface area (Å²) in [6.45, 7) is 5.62. The minimum atomic E-state index is -0.477. The van der Waals surface area contributed by atoms with E-state index >= 15 is 0 Å². The fourth-order valence-electron chi connectivity index (χ4n) is 3.45. The first-order chi connectivity index (χ1) is 13.0. The molecule has 0 unspecified atom stereocenters. The fraction of sp³-hybridized carbons (Fsp3) is 0.182. The van der Waals surface area contributed by atoms with E-state index in [1.54, 1.807) is 0 Å². The highest BCUT2D eigenvalue weighted by atomic mass is 16.5. The number of benzene rings is 2. The molecule has 1 amide bonds. The van der Waals surface area contributed by atoms with Gasteiger partial charge in [0.2, 0.25) is 0 Å². The number of fused-ring (bicyclic) bond motifs is 2. The Morgan fingerprint density at radius 1 is 1.00 bits per heavy atom. The van der Waals surface area contributed by atoms with Gasteiger partial charge in [0, 0.05) is 16.7 Å². The van der Waals surface area contributed by atoms with E-state index in [0.29, 0.717) is 17.2 Å². The van der Waals surface area contributed by atoms with Crippen LogP contribution in [0.1, 0.15) is 41.1 Å². The maximum atomic E-state index is 13.1. The third-order valence-corrected chi connectivity index (χ3v) is 4.71. The van der Waals surface area contributed by atoms with Gasteiger partial charge in [-0.3, -0.25) is 4.79 Å². The van der Waals surface area contributed by atoms with E-state index in [1.165, 1.54) is 0 Å². The molecule has 1 aromatic heterocycles. The van der Waals surface area contributed by atoms with Crippen LogP contribution in [0.2, 0.25) is 0 Å². The Labute approximate surface area is 157 Å². The van der Waals surface area contributed by atoms with E-state index in [-0.39, 0.29) is 5.91 Å².